The minimum atomic E-state index is 0.0322. The Kier molecular flexibility index (Phi) is 6.97. The van der Waals surface area contributed by atoms with Gasteiger partial charge in [0.2, 0.25) is 5.95 Å². The number of rotatable bonds is 7. The number of nitrogens with one attached hydrogen (secondary N) is 1. The first kappa shape index (κ1) is 23.1. The van der Waals surface area contributed by atoms with Crippen LogP contribution in [0.4, 0.5) is 11.6 Å². The molecule has 2 aromatic rings. The third kappa shape index (κ3) is 5.18. The summed E-state index contributed by atoms with van der Waals surface area (Å²) in [6.45, 7) is 8.39. The summed E-state index contributed by atoms with van der Waals surface area (Å²) < 4.78 is 0. The van der Waals surface area contributed by atoms with Crippen LogP contribution in [-0.2, 0) is 0 Å². The Labute approximate surface area is 203 Å². The summed E-state index contributed by atoms with van der Waals surface area (Å²) in [5, 5.41) is 3.20. The van der Waals surface area contributed by atoms with Gasteiger partial charge in [-0.05, 0) is 61.6 Å². The van der Waals surface area contributed by atoms with Crippen molar-refractivity contribution in [2.45, 2.75) is 18.9 Å². The molecule has 8 heteroatoms. The van der Waals surface area contributed by atoms with E-state index in [1.54, 1.807) is 0 Å². The number of carbonyl (C=O) groups is 1. The van der Waals surface area contributed by atoms with E-state index in [4.69, 9.17) is 0 Å². The number of anilines is 2. The Bertz CT molecular complexity index is 943. The lowest BCUT2D eigenvalue weighted by molar-refractivity contribution is -0.0120. The quantitative estimate of drug-likeness (QED) is 0.672. The maximum atomic E-state index is 12.7. The molecular weight excluding hydrogens is 426 g/mol. The lowest BCUT2D eigenvalue weighted by Crippen LogP contribution is -2.59. The smallest absolute Gasteiger partial charge is 0.251 e. The van der Waals surface area contributed by atoms with E-state index in [2.05, 4.69) is 30.0 Å². The van der Waals surface area contributed by atoms with Crippen molar-refractivity contribution in [3.8, 4) is 0 Å². The van der Waals surface area contributed by atoms with Gasteiger partial charge < -0.3 is 15.1 Å². The van der Waals surface area contributed by atoms with Crippen LogP contribution in [0.25, 0.3) is 0 Å². The highest BCUT2D eigenvalue weighted by molar-refractivity contribution is 5.94. The minimum Gasteiger partial charge on any atom is -0.378 e. The summed E-state index contributed by atoms with van der Waals surface area (Å²) in [5.41, 5.74) is 1.84. The van der Waals surface area contributed by atoms with Crippen molar-refractivity contribution in [2.75, 3.05) is 76.3 Å². The zero-order valence-electron chi connectivity index (χ0n) is 20.4. The van der Waals surface area contributed by atoms with Crippen molar-refractivity contribution in [3.63, 3.8) is 0 Å². The number of piperidine rings is 3. The van der Waals surface area contributed by atoms with E-state index in [9.17, 15) is 4.79 Å². The molecule has 4 atom stereocenters. The average Bonchev–Trinajstić information content (AvgIpc) is 2.89. The summed E-state index contributed by atoms with van der Waals surface area (Å²) in [6, 6.07) is 10.2. The van der Waals surface area contributed by atoms with E-state index in [-0.39, 0.29) is 5.91 Å². The SMILES string of the molecule is CN(C)c1ccc(C(=O)NCC2CC3CCN2CC3CN2CCN(c3ncccn3)CC2)cc1. The molecule has 1 amide bonds. The molecule has 1 N–H and O–H groups in total. The molecule has 1 aromatic carbocycles. The van der Waals surface area contributed by atoms with Crippen LogP contribution >= 0.6 is 0 Å². The Morgan fingerprint density at radius 2 is 1.79 bits per heavy atom. The monoisotopic (exact) mass is 463 g/mol. The van der Waals surface area contributed by atoms with E-state index >= 15 is 0 Å². The summed E-state index contributed by atoms with van der Waals surface area (Å²) in [6.07, 6.45) is 6.13. The van der Waals surface area contributed by atoms with Gasteiger partial charge in [0.05, 0.1) is 0 Å². The van der Waals surface area contributed by atoms with Gasteiger partial charge in [-0.25, -0.2) is 9.97 Å². The van der Waals surface area contributed by atoms with Crippen LogP contribution in [0, 0.1) is 11.8 Å². The Morgan fingerprint density at radius 1 is 1.06 bits per heavy atom. The summed E-state index contributed by atoms with van der Waals surface area (Å²) in [7, 11) is 4.02. The van der Waals surface area contributed by atoms with Gasteiger partial charge in [-0.2, -0.15) is 0 Å². The fourth-order valence-corrected chi connectivity index (χ4v) is 5.81. The van der Waals surface area contributed by atoms with Crippen LogP contribution in [0.15, 0.2) is 42.7 Å². The first-order valence-electron chi connectivity index (χ1n) is 12.6. The molecule has 4 unspecified atom stereocenters. The highest BCUT2D eigenvalue weighted by Crippen LogP contribution is 2.36. The van der Waals surface area contributed by atoms with Crippen molar-refractivity contribution < 1.29 is 4.79 Å². The fourth-order valence-electron chi connectivity index (χ4n) is 5.81. The number of nitrogens with zero attached hydrogens (tertiary/aromatic N) is 6. The maximum Gasteiger partial charge on any atom is 0.251 e. The van der Waals surface area contributed by atoms with E-state index in [0.29, 0.717) is 6.04 Å². The molecule has 2 bridgehead atoms. The van der Waals surface area contributed by atoms with Crippen LogP contribution in [-0.4, -0.2) is 98.2 Å². The predicted molar refractivity (Wildman–Crippen MR) is 135 cm³/mol. The van der Waals surface area contributed by atoms with Crippen molar-refractivity contribution in [1.29, 1.82) is 0 Å². The first-order chi connectivity index (χ1) is 16.6. The van der Waals surface area contributed by atoms with Gasteiger partial charge in [0, 0.05) is 89.6 Å². The van der Waals surface area contributed by atoms with Gasteiger partial charge in [0.1, 0.15) is 0 Å². The highest BCUT2D eigenvalue weighted by Gasteiger charge is 2.40. The molecule has 0 aliphatic carbocycles. The van der Waals surface area contributed by atoms with Crippen LogP contribution in [0.2, 0.25) is 0 Å². The third-order valence-electron chi connectivity index (χ3n) is 7.86. The Balaban J connectivity index is 1.08. The zero-order valence-corrected chi connectivity index (χ0v) is 20.4. The van der Waals surface area contributed by atoms with E-state index in [1.807, 2.05) is 61.7 Å². The van der Waals surface area contributed by atoms with Crippen molar-refractivity contribution >= 4 is 17.5 Å². The number of fused-ring (bicyclic) bond motifs is 3. The number of carbonyl (C=O) groups excluding carboxylic acids is 1. The molecule has 5 heterocycles. The van der Waals surface area contributed by atoms with E-state index in [0.717, 1.165) is 68.3 Å². The molecule has 0 spiro atoms. The second-order valence-electron chi connectivity index (χ2n) is 10.2. The van der Waals surface area contributed by atoms with Crippen molar-refractivity contribution in [3.05, 3.63) is 48.3 Å². The second-order valence-corrected chi connectivity index (χ2v) is 10.2. The number of hydrogen-bond donors (Lipinski definition) is 1. The van der Waals surface area contributed by atoms with E-state index < -0.39 is 0 Å². The Morgan fingerprint density at radius 3 is 2.44 bits per heavy atom. The second kappa shape index (κ2) is 10.3. The first-order valence-corrected chi connectivity index (χ1v) is 12.6. The normalized spacial score (nSPS) is 26.9. The largest absolute Gasteiger partial charge is 0.378 e. The van der Waals surface area contributed by atoms with Gasteiger partial charge in [0.25, 0.3) is 5.91 Å². The summed E-state index contributed by atoms with van der Waals surface area (Å²) in [5.74, 6) is 2.38. The third-order valence-corrected chi connectivity index (χ3v) is 7.86. The maximum absolute atomic E-state index is 12.7. The topological polar surface area (TPSA) is 67.8 Å². The van der Waals surface area contributed by atoms with Gasteiger partial charge in [-0.1, -0.05) is 0 Å². The molecule has 182 valence electrons. The number of benzene rings is 1. The molecule has 8 nitrogen and oxygen atoms in total. The van der Waals surface area contributed by atoms with Gasteiger partial charge in [-0.3, -0.25) is 14.6 Å². The lowest BCUT2D eigenvalue weighted by Gasteiger charge is -2.51. The summed E-state index contributed by atoms with van der Waals surface area (Å²) in [4.78, 5) is 31.0. The van der Waals surface area contributed by atoms with Crippen LogP contribution in [0.1, 0.15) is 23.2 Å². The van der Waals surface area contributed by atoms with Crippen molar-refractivity contribution in [2.24, 2.45) is 11.8 Å². The summed E-state index contributed by atoms with van der Waals surface area (Å²) >= 11 is 0. The molecule has 4 aliphatic rings. The highest BCUT2D eigenvalue weighted by atomic mass is 16.1. The standard InChI is InChI=1S/C26H37N7O/c1-30(2)23-6-4-20(5-7-23)25(34)29-17-24-16-21-8-11-33(24)19-22(21)18-31-12-14-32(15-13-31)26-27-9-3-10-28-26/h3-7,9-10,21-22,24H,8,11-19H2,1-2H3,(H,29,34). The predicted octanol–water partition coefficient (Wildman–Crippen LogP) is 1.81. The Hall–Kier alpha value is -2.71. The van der Waals surface area contributed by atoms with Crippen molar-refractivity contribution in [1.82, 2.24) is 25.1 Å². The van der Waals surface area contributed by atoms with Crippen LogP contribution < -0.4 is 15.1 Å². The lowest BCUT2D eigenvalue weighted by atomic mass is 9.75. The molecule has 4 aliphatic heterocycles. The zero-order chi connectivity index (χ0) is 23.5. The molecule has 4 saturated heterocycles. The van der Waals surface area contributed by atoms with E-state index in [1.165, 1.54) is 25.9 Å². The molecule has 4 fully saturated rings. The number of hydrogen-bond acceptors (Lipinski definition) is 7. The molecule has 1 aromatic heterocycles. The van der Waals surface area contributed by atoms with Crippen LogP contribution in [0.5, 0.6) is 0 Å². The molecule has 34 heavy (non-hydrogen) atoms. The fraction of sp³-hybridized carbons (Fsp3) is 0.577. The molecule has 0 radical (unpaired) electrons. The molecular formula is C26H37N7O. The molecule has 0 saturated carbocycles. The number of amides is 1. The van der Waals surface area contributed by atoms with Crippen LogP contribution in [0.3, 0.4) is 0 Å². The van der Waals surface area contributed by atoms with Gasteiger partial charge >= 0.3 is 0 Å². The number of piperazine rings is 1. The van der Waals surface area contributed by atoms with Gasteiger partial charge in [0.15, 0.2) is 0 Å². The minimum absolute atomic E-state index is 0.0322. The molecule has 6 rings (SSSR count). The van der Waals surface area contributed by atoms with Gasteiger partial charge in [-0.15, -0.1) is 0 Å². The average molecular weight is 464 g/mol. The number of aromatic nitrogens is 2.